The fourth-order valence-electron chi connectivity index (χ4n) is 5.25. The smallest absolute Gasteiger partial charge is 0.410 e. The highest BCUT2D eigenvalue weighted by Gasteiger charge is 2.35. The number of aliphatic hydroxyl groups is 1. The highest BCUT2D eigenvalue weighted by molar-refractivity contribution is 5.82. The van der Waals surface area contributed by atoms with E-state index < -0.39 is 24.0 Å². The molecule has 2 aliphatic heterocycles. The van der Waals surface area contributed by atoms with Gasteiger partial charge in [0, 0.05) is 37.0 Å². The number of halogens is 1. The van der Waals surface area contributed by atoms with Crippen molar-refractivity contribution in [1.29, 1.82) is 0 Å². The molecule has 38 heavy (non-hydrogen) atoms. The molecular weight excluding hydrogens is 491 g/mol. The second-order valence-electron chi connectivity index (χ2n) is 11.1. The molecule has 2 saturated heterocycles. The Labute approximate surface area is 221 Å². The van der Waals surface area contributed by atoms with E-state index >= 15 is 4.39 Å². The van der Waals surface area contributed by atoms with Gasteiger partial charge in [-0.3, -0.25) is 0 Å². The van der Waals surface area contributed by atoms with Crippen molar-refractivity contribution in [2.75, 3.05) is 38.2 Å². The number of ether oxygens (including phenoxy) is 2. The molecule has 1 aromatic carbocycles. The van der Waals surface area contributed by atoms with Gasteiger partial charge in [-0.1, -0.05) is 0 Å². The molecule has 2 aromatic heterocycles. The number of carbonyl (C=O) groups is 1. The number of methoxy groups -OCH3 is 1. The zero-order chi connectivity index (χ0) is 27.2. The second-order valence-corrected chi connectivity index (χ2v) is 11.1. The van der Waals surface area contributed by atoms with E-state index in [1.54, 1.807) is 31.6 Å². The third-order valence-electron chi connectivity index (χ3n) is 7.11. The Morgan fingerprint density at radius 2 is 1.87 bits per heavy atom. The fraction of sp³-hybridized carbons (Fsp3) is 0.556. The molecule has 0 bridgehead atoms. The first-order chi connectivity index (χ1) is 18.0. The molecule has 10 nitrogen and oxygen atoms in total. The topological polar surface area (TPSA) is 106 Å². The number of benzene rings is 1. The Morgan fingerprint density at radius 3 is 2.53 bits per heavy atom. The number of hydrogen-bond donors (Lipinski definition) is 1. The zero-order valence-electron chi connectivity index (χ0n) is 22.5. The van der Waals surface area contributed by atoms with Gasteiger partial charge in [0.05, 0.1) is 31.5 Å². The van der Waals surface area contributed by atoms with Gasteiger partial charge in [0.2, 0.25) is 0 Å². The molecule has 0 radical (unpaired) electrons. The first kappa shape index (κ1) is 26.1. The summed E-state index contributed by atoms with van der Waals surface area (Å²) in [4.78, 5) is 24.9. The molecule has 3 aromatic rings. The second kappa shape index (κ2) is 10.0. The summed E-state index contributed by atoms with van der Waals surface area (Å²) >= 11 is 0. The number of nitrogens with zero attached hydrogens (tertiary/aromatic N) is 6. The highest BCUT2D eigenvalue weighted by Crippen LogP contribution is 2.36. The molecule has 1 N–H and O–H groups in total. The van der Waals surface area contributed by atoms with Crippen LogP contribution in [0.25, 0.3) is 16.7 Å². The van der Waals surface area contributed by atoms with Crippen molar-refractivity contribution in [1.82, 2.24) is 24.6 Å². The van der Waals surface area contributed by atoms with Crippen LogP contribution in [-0.4, -0.2) is 87.0 Å². The number of β-amino-alcohol motifs (C(OH)–C–C–N with tert-alkyl or cyclic N) is 1. The minimum atomic E-state index is -1.23. The van der Waals surface area contributed by atoms with Crippen LogP contribution in [0.15, 0.2) is 24.4 Å². The number of piperidine rings is 1. The molecule has 0 saturated carbocycles. The van der Waals surface area contributed by atoms with Gasteiger partial charge < -0.3 is 24.4 Å². The quantitative estimate of drug-likeness (QED) is 0.548. The van der Waals surface area contributed by atoms with Crippen LogP contribution in [0.5, 0.6) is 6.01 Å². The highest BCUT2D eigenvalue weighted by atomic mass is 19.1. The standard InChI is InChI=1S/C27H35FN6O4/c1-16-10-17-13-29-34(24-12-23(30-25(31-24)37-5)32-8-6-18(35)14-32)22(17)11-20(16)19-7-9-33(15-21(19)28)26(36)38-27(2,3)4/h10-13,18-19,21,35H,6-9,14-15H2,1-5H3/t18-,19?,21?/m1/s1. The lowest BCUT2D eigenvalue weighted by molar-refractivity contribution is 0.0111. The van der Waals surface area contributed by atoms with Gasteiger partial charge in [-0.05, 0) is 63.8 Å². The molecule has 2 unspecified atom stereocenters. The molecule has 4 heterocycles. The molecule has 0 aliphatic carbocycles. The molecule has 1 amide bonds. The molecule has 2 fully saturated rings. The van der Waals surface area contributed by atoms with Crippen LogP contribution in [0.3, 0.4) is 0 Å². The van der Waals surface area contributed by atoms with Gasteiger partial charge in [0.1, 0.15) is 17.6 Å². The van der Waals surface area contributed by atoms with Crippen LogP contribution in [-0.2, 0) is 4.74 Å². The van der Waals surface area contributed by atoms with Crippen LogP contribution < -0.4 is 9.64 Å². The minimum absolute atomic E-state index is 0.00945. The SMILES string of the molecule is COc1nc(N2CC[C@@H](O)C2)cc(-n2ncc3cc(C)c(C4CCN(C(=O)OC(C)(C)C)CC4F)cc32)n1. The number of hydrogen-bond acceptors (Lipinski definition) is 8. The predicted octanol–water partition coefficient (Wildman–Crippen LogP) is 3.77. The van der Waals surface area contributed by atoms with Gasteiger partial charge in [0.15, 0.2) is 5.82 Å². The van der Waals surface area contributed by atoms with E-state index in [2.05, 4.69) is 15.1 Å². The van der Waals surface area contributed by atoms with Crippen LogP contribution in [0.2, 0.25) is 0 Å². The van der Waals surface area contributed by atoms with Crippen LogP contribution in [0.1, 0.15) is 50.7 Å². The summed E-state index contributed by atoms with van der Waals surface area (Å²) in [6, 6.07) is 6.01. The number of fused-ring (bicyclic) bond motifs is 1. The van der Waals surface area contributed by atoms with Crippen LogP contribution >= 0.6 is 0 Å². The summed E-state index contributed by atoms with van der Waals surface area (Å²) in [6.45, 7) is 8.97. The van der Waals surface area contributed by atoms with Gasteiger partial charge in [0.25, 0.3) is 0 Å². The lowest BCUT2D eigenvalue weighted by Crippen LogP contribution is -2.46. The minimum Gasteiger partial charge on any atom is -0.467 e. The number of rotatable bonds is 4. The maximum absolute atomic E-state index is 15.5. The van der Waals surface area contributed by atoms with Crippen molar-refractivity contribution in [3.05, 3.63) is 35.5 Å². The van der Waals surface area contributed by atoms with Crippen LogP contribution in [0, 0.1) is 6.92 Å². The van der Waals surface area contributed by atoms with E-state index in [0.717, 1.165) is 22.0 Å². The Bertz CT molecular complexity index is 1340. The van der Waals surface area contributed by atoms with Crippen molar-refractivity contribution in [3.63, 3.8) is 0 Å². The van der Waals surface area contributed by atoms with Crippen LogP contribution in [0.4, 0.5) is 15.0 Å². The van der Waals surface area contributed by atoms with Crippen molar-refractivity contribution < 1.29 is 23.8 Å². The summed E-state index contributed by atoms with van der Waals surface area (Å²) in [5, 5.41) is 15.5. The number of likely N-dealkylation sites (tertiary alicyclic amines) is 1. The number of anilines is 1. The summed E-state index contributed by atoms with van der Waals surface area (Å²) in [5.41, 5.74) is 2.03. The van der Waals surface area contributed by atoms with Gasteiger partial charge in [-0.2, -0.15) is 15.1 Å². The Kier molecular flexibility index (Phi) is 6.89. The summed E-state index contributed by atoms with van der Waals surface area (Å²) < 4.78 is 28.0. The largest absolute Gasteiger partial charge is 0.467 e. The molecule has 204 valence electrons. The zero-order valence-corrected chi connectivity index (χ0v) is 22.5. The molecule has 11 heteroatoms. The van der Waals surface area contributed by atoms with Gasteiger partial charge in [-0.25, -0.2) is 13.9 Å². The summed E-state index contributed by atoms with van der Waals surface area (Å²) in [6.07, 6.45) is 0.818. The summed E-state index contributed by atoms with van der Waals surface area (Å²) in [5.74, 6) is 0.815. The average Bonchev–Trinajstić information content (AvgIpc) is 3.48. The summed E-state index contributed by atoms with van der Waals surface area (Å²) in [7, 11) is 1.51. The maximum Gasteiger partial charge on any atom is 0.410 e. The van der Waals surface area contributed by atoms with Crippen molar-refractivity contribution in [2.45, 2.75) is 64.3 Å². The molecule has 2 aliphatic rings. The normalized spacial score (nSPS) is 22.2. The Balaban J connectivity index is 1.45. The van der Waals surface area contributed by atoms with E-state index in [1.807, 2.05) is 30.0 Å². The number of aryl methyl sites for hydroxylation is 1. The number of aliphatic hydroxyl groups excluding tert-OH is 1. The number of aromatic nitrogens is 4. The lowest BCUT2D eigenvalue weighted by Gasteiger charge is -2.36. The lowest BCUT2D eigenvalue weighted by atomic mass is 9.85. The first-order valence-corrected chi connectivity index (χ1v) is 13.0. The monoisotopic (exact) mass is 526 g/mol. The average molecular weight is 527 g/mol. The van der Waals surface area contributed by atoms with E-state index in [9.17, 15) is 9.90 Å². The van der Waals surface area contributed by atoms with Gasteiger partial charge in [-0.15, -0.1) is 0 Å². The fourth-order valence-corrected chi connectivity index (χ4v) is 5.25. The maximum atomic E-state index is 15.5. The van der Waals surface area contributed by atoms with E-state index in [-0.39, 0.29) is 18.5 Å². The van der Waals surface area contributed by atoms with Crippen molar-refractivity contribution >= 4 is 22.8 Å². The predicted molar refractivity (Wildman–Crippen MR) is 141 cm³/mol. The number of alkyl halides is 1. The van der Waals surface area contributed by atoms with Gasteiger partial charge >= 0.3 is 12.1 Å². The molecule has 5 rings (SSSR count). The van der Waals surface area contributed by atoms with E-state index in [0.29, 0.717) is 44.1 Å². The molecule has 3 atom stereocenters. The number of carbonyl (C=O) groups excluding carboxylic acids is 1. The third-order valence-corrected chi connectivity index (χ3v) is 7.11. The number of amides is 1. The van der Waals surface area contributed by atoms with Crippen molar-refractivity contribution in [2.24, 2.45) is 0 Å². The van der Waals surface area contributed by atoms with Crippen molar-refractivity contribution in [3.8, 4) is 11.8 Å². The Morgan fingerprint density at radius 1 is 1.11 bits per heavy atom. The van der Waals surface area contributed by atoms with E-state index in [4.69, 9.17) is 9.47 Å². The molecule has 0 spiro atoms. The third kappa shape index (κ3) is 5.24. The Hall–Kier alpha value is -3.47. The van der Waals surface area contributed by atoms with E-state index in [1.165, 1.54) is 12.0 Å². The first-order valence-electron chi connectivity index (χ1n) is 13.0. The molecular formula is C27H35FN6O4.